The second kappa shape index (κ2) is 14.8. The lowest BCUT2D eigenvalue weighted by Crippen LogP contribution is -2.59. The largest absolute Gasteiger partial charge is 0.451 e. The normalized spacial score (nSPS) is 20.5. The molecule has 11 heteroatoms. The number of hydrogen-bond donors (Lipinski definition) is 3. The molecule has 2 amide bonds. The Bertz CT molecular complexity index is 1400. The minimum absolute atomic E-state index is 0.0343. The summed E-state index contributed by atoms with van der Waals surface area (Å²) in [5.74, 6) is -1.86. The molecule has 1 aromatic carbocycles. The van der Waals surface area contributed by atoms with E-state index in [0.717, 1.165) is 41.4 Å². The zero-order valence-corrected chi connectivity index (χ0v) is 26.3. The van der Waals surface area contributed by atoms with Gasteiger partial charge in [0.2, 0.25) is 0 Å². The maximum absolute atomic E-state index is 13.7. The number of carbonyl (C=O) groups excluding carboxylic acids is 3. The van der Waals surface area contributed by atoms with Crippen LogP contribution in [0.25, 0.3) is 17.0 Å². The lowest BCUT2D eigenvalue weighted by atomic mass is 9.88. The van der Waals surface area contributed by atoms with Crippen LogP contribution in [0.3, 0.4) is 0 Å². The van der Waals surface area contributed by atoms with Gasteiger partial charge in [-0.05, 0) is 56.7 Å². The summed E-state index contributed by atoms with van der Waals surface area (Å²) in [6.45, 7) is 9.70. The minimum atomic E-state index is -1.26. The number of nitrogens with one attached hydrogen (secondary N) is 2. The highest BCUT2D eigenvalue weighted by atomic mass is 16.7. The van der Waals surface area contributed by atoms with Gasteiger partial charge in [0.05, 0.1) is 24.8 Å². The molecular weight excluding hydrogens is 562 g/mol. The van der Waals surface area contributed by atoms with Crippen LogP contribution in [0.4, 0.5) is 0 Å². The van der Waals surface area contributed by atoms with Crippen molar-refractivity contribution in [2.45, 2.75) is 72.1 Å². The topological polar surface area (TPSA) is 145 Å². The van der Waals surface area contributed by atoms with Gasteiger partial charge in [-0.1, -0.05) is 57.2 Å². The summed E-state index contributed by atoms with van der Waals surface area (Å²) in [6.07, 6.45) is 6.64. The number of pyridine rings is 1. The second-order valence-corrected chi connectivity index (χ2v) is 11.8. The Hall–Kier alpha value is -3.80. The van der Waals surface area contributed by atoms with Crippen molar-refractivity contribution in [3.8, 4) is 0 Å². The molecule has 44 heavy (non-hydrogen) atoms. The van der Waals surface area contributed by atoms with Crippen LogP contribution < -0.4 is 16.5 Å². The maximum Gasteiger partial charge on any atom is 0.321 e. The van der Waals surface area contributed by atoms with Gasteiger partial charge in [-0.2, -0.15) is 0 Å². The monoisotopic (exact) mass is 607 g/mol. The third kappa shape index (κ3) is 7.82. The fraction of sp³-hybridized carbons (Fsp3) is 0.515. The van der Waals surface area contributed by atoms with Crippen LogP contribution in [0.15, 0.2) is 48.2 Å². The van der Waals surface area contributed by atoms with Gasteiger partial charge in [0.15, 0.2) is 6.10 Å². The van der Waals surface area contributed by atoms with E-state index >= 15 is 0 Å². The van der Waals surface area contributed by atoms with Gasteiger partial charge in [-0.25, -0.2) is 5.43 Å². The average molecular weight is 608 g/mol. The Labute approximate surface area is 259 Å². The average Bonchev–Trinajstić information content (AvgIpc) is 3.05. The molecule has 4 N–H and O–H groups in total. The smallest absolute Gasteiger partial charge is 0.321 e. The third-order valence-corrected chi connectivity index (χ3v) is 8.04. The number of carbonyl (C=O) groups is 3. The predicted molar refractivity (Wildman–Crippen MR) is 167 cm³/mol. The van der Waals surface area contributed by atoms with E-state index in [4.69, 9.17) is 24.9 Å². The third-order valence-electron chi connectivity index (χ3n) is 8.04. The zero-order valence-electron chi connectivity index (χ0n) is 26.3. The zero-order chi connectivity index (χ0) is 31.9. The number of nitrogens with two attached hydrogens (primary N) is 1. The van der Waals surface area contributed by atoms with Crippen LogP contribution >= 0.6 is 0 Å². The number of ether oxygens (including phenoxy) is 3. The lowest BCUT2D eigenvalue weighted by molar-refractivity contribution is -0.192. The van der Waals surface area contributed by atoms with Crippen molar-refractivity contribution in [2.24, 2.45) is 17.1 Å². The molecule has 0 aliphatic carbocycles. The summed E-state index contributed by atoms with van der Waals surface area (Å²) >= 11 is 0. The Kier molecular flexibility index (Phi) is 11.1. The molecule has 3 heterocycles. The fourth-order valence-electron chi connectivity index (χ4n) is 5.27. The first kappa shape index (κ1) is 33.1. The van der Waals surface area contributed by atoms with Crippen molar-refractivity contribution in [1.82, 2.24) is 20.7 Å². The van der Waals surface area contributed by atoms with Gasteiger partial charge in [-0.15, -0.1) is 0 Å². The van der Waals surface area contributed by atoms with Crippen molar-refractivity contribution in [1.29, 1.82) is 0 Å². The highest BCUT2D eigenvalue weighted by molar-refractivity contribution is 5.91. The molecule has 3 atom stereocenters. The molecule has 2 saturated heterocycles. The molecular formula is C33H45N5O6. The van der Waals surface area contributed by atoms with Crippen molar-refractivity contribution < 1.29 is 28.6 Å². The van der Waals surface area contributed by atoms with Crippen molar-refractivity contribution in [2.75, 3.05) is 26.6 Å². The number of aryl methyl sites for hydroxylation is 1. The summed E-state index contributed by atoms with van der Waals surface area (Å²) in [5.41, 5.74) is 11.3. The van der Waals surface area contributed by atoms with Gasteiger partial charge in [0.25, 0.3) is 11.8 Å². The molecule has 0 radical (unpaired) electrons. The molecule has 2 fully saturated rings. The number of esters is 1. The maximum atomic E-state index is 13.7. The number of amides is 2. The first-order valence-electron chi connectivity index (χ1n) is 15.3. The lowest BCUT2D eigenvalue weighted by Gasteiger charge is -2.36. The molecule has 0 saturated carbocycles. The number of hydrogen-bond acceptors (Lipinski definition) is 9. The highest BCUT2D eigenvalue weighted by Crippen LogP contribution is 2.29. The number of nitrogens with zero attached hydrogens (tertiary/aromatic N) is 2. The van der Waals surface area contributed by atoms with E-state index in [-0.39, 0.29) is 37.9 Å². The van der Waals surface area contributed by atoms with E-state index in [1.165, 1.54) is 5.01 Å². The fourth-order valence-corrected chi connectivity index (χ4v) is 5.27. The van der Waals surface area contributed by atoms with E-state index in [0.29, 0.717) is 12.2 Å². The van der Waals surface area contributed by atoms with Crippen LogP contribution in [0, 0.1) is 11.3 Å². The van der Waals surface area contributed by atoms with Gasteiger partial charge in [0, 0.05) is 23.3 Å². The number of aromatic nitrogens is 1. The molecule has 2 aromatic rings. The van der Waals surface area contributed by atoms with Crippen LogP contribution in [0.1, 0.15) is 58.7 Å². The Morgan fingerprint density at radius 2 is 1.93 bits per heavy atom. The van der Waals surface area contributed by atoms with Gasteiger partial charge < -0.3 is 25.3 Å². The summed E-state index contributed by atoms with van der Waals surface area (Å²) in [7, 11) is 0. The number of fused-ring (bicyclic) bond motifs is 1. The highest BCUT2D eigenvalue weighted by Gasteiger charge is 2.43. The van der Waals surface area contributed by atoms with Crippen molar-refractivity contribution in [3.63, 3.8) is 0 Å². The number of allylic oxidation sites excluding steroid dienone is 1. The Morgan fingerprint density at radius 3 is 2.61 bits per heavy atom. The standard InChI is InChI=1S/C33H45N5O6/c1-6-25-13-12-24-11-10-23(17-28(24)36-25)14-15-33(18-42-20-43-19-33)32(41)44-29(21(3)4)30(39)35-22(5)31(40)38-16-8-9-27(37-38)26(34)7-2/h7,10-15,17,21-22,27,29,37H,6,8-9,16,18-20,34H2,1-5H3,(H,35,39)/b15-14+,26-7?. The number of hydrazine groups is 1. The molecule has 238 valence electrons. The quantitative estimate of drug-likeness (QED) is 0.347. The predicted octanol–water partition coefficient (Wildman–Crippen LogP) is 3.23. The first-order valence-corrected chi connectivity index (χ1v) is 15.3. The molecule has 0 bridgehead atoms. The minimum Gasteiger partial charge on any atom is -0.451 e. The van der Waals surface area contributed by atoms with E-state index in [9.17, 15) is 14.4 Å². The SMILES string of the molecule is CC=C(N)C1CCCN(C(=O)C(C)NC(=O)C(OC(=O)C2(/C=C/c3ccc4ccc(CC)nc4c3)COCOC2)C(C)C)N1. The first-order chi connectivity index (χ1) is 21.1. The molecule has 3 unspecified atom stereocenters. The summed E-state index contributed by atoms with van der Waals surface area (Å²) in [4.78, 5) is 45.0. The van der Waals surface area contributed by atoms with E-state index in [1.54, 1.807) is 26.8 Å². The van der Waals surface area contributed by atoms with E-state index in [1.807, 2.05) is 49.4 Å². The van der Waals surface area contributed by atoms with Crippen LogP contribution in [0.2, 0.25) is 0 Å². The molecule has 11 nitrogen and oxygen atoms in total. The molecule has 2 aliphatic heterocycles. The van der Waals surface area contributed by atoms with E-state index < -0.39 is 29.4 Å². The van der Waals surface area contributed by atoms with Crippen LogP contribution in [0.5, 0.6) is 0 Å². The molecule has 2 aliphatic rings. The van der Waals surface area contributed by atoms with Crippen LogP contribution in [-0.4, -0.2) is 72.5 Å². The second-order valence-electron chi connectivity index (χ2n) is 11.8. The van der Waals surface area contributed by atoms with Gasteiger partial charge in [-0.3, -0.25) is 24.4 Å². The number of benzene rings is 1. The summed E-state index contributed by atoms with van der Waals surface area (Å²) in [5, 5.41) is 5.26. The van der Waals surface area contributed by atoms with Crippen molar-refractivity contribution >= 4 is 34.8 Å². The van der Waals surface area contributed by atoms with Gasteiger partial charge >= 0.3 is 5.97 Å². The molecule has 1 aromatic heterocycles. The summed E-state index contributed by atoms with van der Waals surface area (Å²) < 4.78 is 16.9. The Balaban J connectivity index is 1.46. The summed E-state index contributed by atoms with van der Waals surface area (Å²) in [6, 6.07) is 8.95. The van der Waals surface area contributed by atoms with Crippen molar-refractivity contribution in [3.05, 3.63) is 59.4 Å². The van der Waals surface area contributed by atoms with E-state index in [2.05, 4.69) is 17.7 Å². The molecule has 0 spiro atoms. The molecule has 4 rings (SSSR count). The number of rotatable bonds is 10. The van der Waals surface area contributed by atoms with Crippen LogP contribution in [-0.2, 0) is 35.0 Å². The Morgan fingerprint density at radius 1 is 1.20 bits per heavy atom. The van der Waals surface area contributed by atoms with Gasteiger partial charge in [0.1, 0.15) is 18.2 Å².